The fourth-order valence-corrected chi connectivity index (χ4v) is 1.80. The van der Waals surface area contributed by atoms with Crippen LogP contribution in [0.4, 0.5) is 0 Å². The molecule has 0 bridgehead atoms. The highest BCUT2D eigenvalue weighted by molar-refractivity contribution is 5.84. The van der Waals surface area contributed by atoms with E-state index in [-0.39, 0.29) is 18.4 Å². The van der Waals surface area contributed by atoms with Crippen LogP contribution in [-0.4, -0.2) is 46.1 Å². The molecule has 3 N–H and O–H groups in total. The molecule has 1 aromatic rings. The molecule has 20 heavy (non-hydrogen) atoms. The lowest BCUT2D eigenvalue weighted by atomic mass is 10.2. The average Bonchev–Trinajstić information content (AvgIpc) is 2.44. The third-order valence-electron chi connectivity index (χ3n) is 2.83. The van der Waals surface area contributed by atoms with Crippen molar-refractivity contribution in [2.75, 3.05) is 34.3 Å². The summed E-state index contributed by atoms with van der Waals surface area (Å²) >= 11 is 0. The van der Waals surface area contributed by atoms with Gasteiger partial charge in [0, 0.05) is 12.6 Å². The second-order valence-corrected chi connectivity index (χ2v) is 4.61. The molecule has 0 aromatic heterocycles. The van der Waals surface area contributed by atoms with E-state index >= 15 is 0 Å². The van der Waals surface area contributed by atoms with Crippen LogP contribution < -0.4 is 20.3 Å². The van der Waals surface area contributed by atoms with Gasteiger partial charge in [-0.15, -0.1) is 0 Å². The van der Waals surface area contributed by atoms with Crippen molar-refractivity contribution >= 4 is 11.8 Å². The second-order valence-electron chi connectivity index (χ2n) is 4.61. The van der Waals surface area contributed by atoms with Crippen molar-refractivity contribution in [2.24, 2.45) is 0 Å². The topological polar surface area (TPSA) is 71.9 Å². The lowest BCUT2D eigenvalue weighted by Gasteiger charge is -2.14. The SMILES string of the molecule is CNC(=O)CNC(=O)C[NH+](C)Cc1cccc(OC)c1. The van der Waals surface area contributed by atoms with Crippen LogP contribution in [0.5, 0.6) is 5.75 Å². The van der Waals surface area contributed by atoms with E-state index < -0.39 is 0 Å². The normalized spacial score (nSPS) is 11.6. The van der Waals surface area contributed by atoms with E-state index in [0.717, 1.165) is 16.2 Å². The Labute approximate surface area is 119 Å². The van der Waals surface area contributed by atoms with Crippen molar-refractivity contribution in [1.29, 1.82) is 0 Å². The molecule has 0 heterocycles. The van der Waals surface area contributed by atoms with Crippen LogP contribution in [0.25, 0.3) is 0 Å². The van der Waals surface area contributed by atoms with Gasteiger partial charge in [0.2, 0.25) is 5.91 Å². The summed E-state index contributed by atoms with van der Waals surface area (Å²) in [5.74, 6) is 0.456. The number of carbonyl (C=O) groups excluding carboxylic acids is 2. The number of carbonyl (C=O) groups is 2. The van der Waals surface area contributed by atoms with Crippen LogP contribution >= 0.6 is 0 Å². The van der Waals surface area contributed by atoms with Crippen molar-refractivity contribution in [3.8, 4) is 5.75 Å². The zero-order valence-corrected chi connectivity index (χ0v) is 12.2. The first-order valence-corrected chi connectivity index (χ1v) is 6.46. The smallest absolute Gasteiger partial charge is 0.275 e. The van der Waals surface area contributed by atoms with Crippen LogP contribution in [0.2, 0.25) is 0 Å². The maximum Gasteiger partial charge on any atom is 0.275 e. The molecular weight excluding hydrogens is 258 g/mol. The number of hydrogen-bond donors (Lipinski definition) is 3. The molecule has 110 valence electrons. The van der Waals surface area contributed by atoms with Crippen molar-refractivity contribution in [3.63, 3.8) is 0 Å². The number of quaternary nitrogens is 1. The first-order valence-electron chi connectivity index (χ1n) is 6.46. The Kier molecular flexibility index (Phi) is 6.52. The van der Waals surface area contributed by atoms with E-state index in [1.165, 1.54) is 7.05 Å². The zero-order valence-electron chi connectivity index (χ0n) is 12.2. The summed E-state index contributed by atoms with van der Waals surface area (Å²) < 4.78 is 5.16. The standard InChI is InChI=1S/C14H21N3O3/c1-15-13(18)8-16-14(19)10-17(2)9-11-5-4-6-12(7-11)20-3/h4-7H,8-10H2,1-3H3,(H,15,18)(H,16,19)/p+1. The second kappa shape index (κ2) is 8.16. The summed E-state index contributed by atoms with van der Waals surface area (Å²) in [6, 6.07) is 7.75. The van der Waals surface area contributed by atoms with Crippen LogP contribution in [-0.2, 0) is 16.1 Å². The lowest BCUT2D eigenvalue weighted by molar-refractivity contribution is -0.885. The number of nitrogens with one attached hydrogen (secondary N) is 3. The molecule has 0 radical (unpaired) electrons. The van der Waals surface area contributed by atoms with E-state index in [2.05, 4.69) is 10.6 Å². The highest BCUT2D eigenvalue weighted by Crippen LogP contribution is 2.11. The van der Waals surface area contributed by atoms with Gasteiger partial charge in [-0.3, -0.25) is 9.59 Å². The summed E-state index contributed by atoms with van der Waals surface area (Å²) in [6.45, 7) is 1.04. The Bertz CT molecular complexity index is 463. The molecule has 2 amide bonds. The van der Waals surface area contributed by atoms with Crippen LogP contribution in [0.1, 0.15) is 5.56 Å². The lowest BCUT2D eigenvalue weighted by Crippen LogP contribution is -3.08. The van der Waals surface area contributed by atoms with E-state index in [1.807, 2.05) is 31.3 Å². The quantitative estimate of drug-likeness (QED) is 0.573. The molecule has 6 heteroatoms. The molecule has 1 unspecified atom stereocenters. The first kappa shape index (κ1) is 16.0. The minimum atomic E-state index is -0.205. The monoisotopic (exact) mass is 280 g/mol. The molecule has 0 fully saturated rings. The largest absolute Gasteiger partial charge is 0.497 e. The molecule has 0 aliphatic carbocycles. The molecule has 1 rings (SSSR count). The highest BCUT2D eigenvalue weighted by atomic mass is 16.5. The fourth-order valence-electron chi connectivity index (χ4n) is 1.80. The maximum atomic E-state index is 11.7. The van der Waals surface area contributed by atoms with Crippen molar-refractivity contribution in [2.45, 2.75) is 6.54 Å². The summed E-state index contributed by atoms with van der Waals surface area (Å²) in [7, 11) is 5.09. The Morgan fingerprint density at radius 1 is 1.30 bits per heavy atom. The van der Waals surface area contributed by atoms with Gasteiger partial charge in [-0.2, -0.15) is 0 Å². The number of hydrogen-bond acceptors (Lipinski definition) is 3. The van der Waals surface area contributed by atoms with E-state index in [9.17, 15) is 9.59 Å². The van der Waals surface area contributed by atoms with Crippen molar-refractivity contribution in [1.82, 2.24) is 10.6 Å². The zero-order chi connectivity index (χ0) is 15.0. The molecule has 0 aliphatic heterocycles. The molecule has 0 saturated carbocycles. The Balaban J connectivity index is 2.40. The Hall–Kier alpha value is -2.08. The predicted molar refractivity (Wildman–Crippen MR) is 75.5 cm³/mol. The molecule has 1 atom stereocenters. The minimum Gasteiger partial charge on any atom is -0.497 e. The van der Waals surface area contributed by atoms with Crippen molar-refractivity contribution in [3.05, 3.63) is 29.8 Å². The van der Waals surface area contributed by atoms with E-state index in [4.69, 9.17) is 4.74 Å². The number of amides is 2. The number of methoxy groups -OCH3 is 1. The summed E-state index contributed by atoms with van der Waals surface area (Å²) in [6.07, 6.45) is 0. The van der Waals surface area contributed by atoms with E-state index in [0.29, 0.717) is 13.1 Å². The summed E-state index contributed by atoms with van der Waals surface area (Å²) in [5.41, 5.74) is 1.10. The highest BCUT2D eigenvalue weighted by Gasteiger charge is 2.11. The minimum absolute atomic E-state index is 0.0156. The van der Waals surface area contributed by atoms with Gasteiger partial charge in [0.1, 0.15) is 12.3 Å². The van der Waals surface area contributed by atoms with Crippen molar-refractivity contribution < 1.29 is 19.2 Å². The summed E-state index contributed by atoms with van der Waals surface area (Å²) in [5, 5.41) is 5.03. The van der Waals surface area contributed by atoms with Gasteiger partial charge in [-0.1, -0.05) is 12.1 Å². The Morgan fingerprint density at radius 2 is 2.05 bits per heavy atom. The predicted octanol–water partition coefficient (Wildman–Crippen LogP) is -1.43. The summed E-state index contributed by atoms with van der Waals surface area (Å²) in [4.78, 5) is 23.7. The van der Waals surface area contributed by atoms with Gasteiger partial charge in [-0.25, -0.2) is 0 Å². The van der Waals surface area contributed by atoms with Crippen LogP contribution in [0, 0.1) is 0 Å². The van der Waals surface area contributed by atoms with Gasteiger partial charge < -0.3 is 20.3 Å². The molecule has 1 aromatic carbocycles. The molecular formula is C14H22N3O3+. The molecule has 0 aliphatic rings. The average molecular weight is 280 g/mol. The maximum absolute atomic E-state index is 11.7. The van der Waals surface area contributed by atoms with Gasteiger partial charge in [-0.05, 0) is 12.1 Å². The number of likely N-dealkylation sites (N-methyl/N-ethyl adjacent to an activating group) is 2. The number of ether oxygens (including phenoxy) is 1. The first-order chi connectivity index (χ1) is 9.55. The van der Waals surface area contributed by atoms with E-state index in [1.54, 1.807) is 7.11 Å². The molecule has 0 saturated heterocycles. The van der Waals surface area contributed by atoms with Gasteiger partial charge >= 0.3 is 0 Å². The fraction of sp³-hybridized carbons (Fsp3) is 0.429. The molecule has 0 spiro atoms. The number of benzene rings is 1. The van der Waals surface area contributed by atoms with Crippen LogP contribution in [0.15, 0.2) is 24.3 Å². The number of rotatable bonds is 7. The van der Waals surface area contributed by atoms with Gasteiger partial charge in [0.25, 0.3) is 5.91 Å². The van der Waals surface area contributed by atoms with Gasteiger partial charge in [0.15, 0.2) is 6.54 Å². The third-order valence-corrected chi connectivity index (χ3v) is 2.83. The van der Waals surface area contributed by atoms with Crippen LogP contribution in [0.3, 0.4) is 0 Å². The Morgan fingerprint density at radius 3 is 2.70 bits per heavy atom. The molecule has 6 nitrogen and oxygen atoms in total. The third kappa shape index (κ3) is 5.71. The van der Waals surface area contributed by atoms with Gasteiger partial charge in [0.05, 0.1) is 20.7 Å².